The van der Waals surface area contributed by atoms with Crippen molar-refractivity contribution in [2.24, 2.45) is 0 Å². The smallest absolute Gasteiger partial charge is 0.416 e. The van der Waals surface area contributed by atoms with Crippen LogP contribution in [0.15, 0.2) is 55.0 Å². The summed E-state index contributed by atoms with van der Waals surface area (Å²) in [5.74, 6) is 0.151. The van der Waals surface area contributed by atoms with E-state index in [4.69, 9.17) is 4.74 Å². The molecule has 0 saturated heterocycles. The van der Waals surface area contributed by atoms with Gasteiger partial charge in [0, 0.05) is 24.9 Å². The van der Waals surface area contributed by atoms with E-state index < -0.39 is 17.6 Å². The number of carbonyl (C=O) groups excluding carboxylic acids is 1. The average Bonchev–Trinajstić information content (AvgIpc) is 3.21. The molecule has 4 aromatic rings. The van der Waals surface area contributed by atoms with E-state index in [0.29, 0.717) is 28.6 Å². The fraction of sp³-hybridized carbons (Fsp3) is 0.150. The van der Waals surface area contributed by atoms with Crippen LogP contribution in [0.25, 0.3) is 16.9 Å². The number of imidazole rings is 1. The quantitative estimate of drug-likeness (QED) is 0.495. The molecule has 158 valence electrons. The molecule has 0 radical (unpaired) electrons. The van der Waals surface area contributed by atoms with Gasteiger partial charge in [0.15, 0.2) is 11.5 Å². The zero-order valence-corrected chi connectivity index (χ0v) is 16.3. The van der Waals surface area contributed by atoms with E-state index in [1.807, 2.05) is 0 Å². The Bertz CT molecular complexity index is 1240. The minimum Gasteiger partial charge on any atom is -0.480 e. The van der Waals surface area contributed by atoms with Crippen molar-refractivity contribution in [1.82, 2.24) is 24.6 Å². The number of anilines is 1. The van der Waals surface area contributed by atoms with Crippen molar-refractivity contribution in [3.63, 3.8) is 0 Å². The zero-order chi connectivity index (χ0) is 22.2. The molecule has 1 aromatic carbocycles. The highest BCUT2D eigenvalue weighted by Gasteiger charge is 2.30. The number of hydrogen-bond acceptors (Lipinski definition) is 6. The van der Waals surface area contributed by atoms with Gasteiger partial charge in [-0.05, 0) is 18.2 Å². The molecular formula is C20H15F3N6O2. The van der Waals surface area contributed by atoms with Crippen LogP contribution in [0.1, 0.15) is 16.1 Å². The number of methoxy groups -OCH3 is 1. The van der Waals surface area contributed by atoms with Crippen LogP contribution in [0.4, 0.5) is 19.0 Å². The number of aromatic nitrogens is 5. The fourth-order valence-electron chi connectivity index (χ4n) is 2.92. The predicted molar refractivity (Wildman–Crippen MR) is 105 cm³/mol. The Hall–Kier alpha value is -4.02. The van der Waals surface area contributed by atoms with E-state index >= 15 is 0 Å². The number of rotatable bonds is 4. The summed E-state index contributed by atoms with van der Waals surface area (Å²) in [5, 5.41) is 7.77. The molecule has 0 fully saturated rings. The Morgan fingerprint density at radius 3 is 2.39 bits per heavy atom. The second-order valence-corrected chi connectivity index (χ2v) is 6.52. The van der Waals surface area contributed by atoms with Gasteiger partial charge in [0.2, 0.25) is 5.88 Å². The summed E-state index contributed by atoms with van der Waals surface area (Å²) in [6.07, 6.45) is -0.0253. The first-order valence-electron chi connectivity index (χ1n) is 8.94. The third kappa shape index (κ3) is 3.89. The van der Waals surface area contributed by atoms with Gasteiger partial charge in [-0.1, -0.05) is 12.1 Å². The van der Waals surface area contributed by atoms with Crippen LogP contribution in [-0.2, 0) is 6.18 Å². The Morgan fingerprint density at radius 1 is 1.03 bits per heavy atom. The number of hydrogen-bond donors (Lipinski definition) is 0. The topological polar surface area (TPSA) is 85.5 Å². The van der Waals surface area contributed by atoms with E-state index in [9.17, 15) is 18.0 Å². The monoisotopic (exact) mass is 428 g/mol. The summed E-state index contributed by atoms with van der Waals surface area (Å²) in [4.78, 5) is 22.5. The van der Waals surface area contributed by atoms with E-state index in [1.54, 1.807) is 16.5 Å². The number of nitrogens with zero attached hydrogens (tertiary/aromatic N) is 6. The number of alkyl halides is 3. The Balaban J connectivity index is 1.67. The van der Waals surface area contributed by atoms with Crippen LogP contribution in [0, 0.1) is 0 Å². The first-order chi connectivity index (χ1) is 14.8. The Morgan fingerprint density at radius 2 is 1.77 bits per heavy atom. The van der Waals surface area contributed by atoms with Gasteiger partial charge in [-0.2, -0.15) is 13.2 Å². The lowest BCUT2D eigenvalue weighted by Crippen LogP contribution is -2.28. The van der Waals surface area contributed by atoms with Crippen molar-refractivity contribution in [3.8, 4) is 17.1 Å². The summed E-state index contributed by atoms with van der Waals surface area (Å²) in [5.41, 5.74) is 0.827. The van der Waals surface area contributed by atoms with Gasteiger partial charge in [-0.15, -0.1) is 10.2 Å². The van der Waals surface area contributed by atoms with Gasteiger partial charge in [0.1, 0.15) is 5.69 Å². The molecule has 0 bridgehead atoms. The minimum absolute atomic E-state index is 0.0961. The maximum absolute atomic E-state index is 12.9. The van der Waals surface area contributed by atoms with Gasteiger partial charge in [-0.25, -0.2) is 9.97 Å². The van der Waals surface area contributed by atoms with Gasteiger partial charge in [-0.3, -0.25) is 14.1 Å². The molecule has 0 unspecified atom stereocenters. The summed E-state index contributed by atoms with van der Waals surface area (Å²) < 4.78 is 45.0. The molecule has 0 aliphatic carbocycles. The van der Waals surface area contributed by atoms with Gasteiger partial charge in [0.25, 0.3) is 5.91 Å². The van der Waals surface area contributed by atoms with Crippen molar-refractivity contribution in [3.05, 3.63) is 66.2 Å². The molecule has 0 saturated carbocycles. The minimum atomic E-state index is -4.42. The zero-order valence-electron chi connectivity index (χ0n) is 16.3. The molecule has 1 amide bonds. The molecule has 11 heteroatoms. The number of carbonyl (C=O) groups is 1. The molecule has 31 heavy (non-hydrogen) atoms. The standard InChI is InChI=1S/C20H15F3N6O2/c1-28(16-7-8-18(31-2)27-26-16)19(30)14-11-29-15(9-25-17(29)10-24-14)12-3-5-13(6-4-12)20(21,22)23/h3-11H,1-2H3. The van der Waals surface area contributed by atoms with Crippen molar-refractivity contribution in [1.29, 1.82) is 0 Å². The van der Waals surface area contributed by atoms with Crippen LogP contribution >= 0.6 is 0 Å². The molecule has 0 aliphatic heterocycles. The number of fused-ring (bicyclic) bond motifs is 1. The van der Waals surface area contributed by atoms with Crippen LogP contribution in [-0.4, -0.2) is 44.6 Å². The van der Waals surface area contributed by atoms with E-state index in [2.05, 4.69) is 20.2 Å². The SMILES string of the molecule is COc1ccc(N(C)C(=O)c2cn3c(-c4ccc(C(F)(F)F)cc4)cnc3cn2)nn1. The third-order valence-corrected chi connectivity index (χ3v) is 4.61. The summed E-state index contributed by atoms with van der Waals surface area (Å²) >= 11 is 0. The average molecular weight is 428 g/mol. The molecular weight excluding hydrogens is 413 g/mol. The lowest BCUT2D eigenvalue weighted by atomic mass is 10.1. The molecule has 3 heterocycles. The van der Waals surface area contributed by atoms with Crippen molar-refractivity contribution in [2.45, 2.75) is 6.18 Å². The van der Waals surface area contributed by atoms with Gasteiger partial charge >= 0.3 is 6.18 Å². The summed E-state index contributed by atoms with van der Waals surface area (Å²) in [6, 6.07) is 7.85. The van der Waals surface area contributed by atoms with E-state index in [1.165, 1.54) is 49.8 Å². The van der Waals surface area contributed by atoms with Crippen LogP contribution < -0.4 is 9.64 Å². The largest absolute Gasteiger partial charge is 0.480 e. The highest BCUT2D eigenvalue weighted by atomic mass is 19.4. The van der Waals surface area contributed by atoms with Crippen LogP contribution in [0.2, 0.25) is 0 Å². The molecule has 0 spiro atoms. The van der Waals surface area contributed by atoms with Crippen molar-refractivity contribution in [2.75, 3.05) is 19.1 Å². The van der Waals surface area contributed by atoms with Crippen LogP contribution in [0.5, 0.6) is 5.88 Å². The molecule has 8 nitrogen and oxygen atoms in total. The third-order valence-electron chi connectivity index (χ3n) is 4.61. The summed E-state index contributed by atoms with van der Waals surface area (Å²) in [6.45, 7) is 0. The molecule has 0 N–H and O–H groups in total. The maximum Gasteiger partial charge on any atom is 0.416 e. The van der Waals surface area contributed by atoms with Crippen molar-refractivity contribution < 1.29 is 22.7 Å². The molecule has 4 rings (SSSR count). The number of halogens is 3. The Kier molecular flexibility index (Phi) is 5.01. The lowest BCUT2D eigenvalue weighted by molar-refractivity contribution is -0.137. The predicted octanol–water partition coefficient (Wildman–Crippen LogP) is 3.49. The molecule has 0 aliphatic rings. The molecule has 3 aromatic heterocycles. The van der Waals surface area contributed by atoms with Gasteiger partial charge in [0.05, 0.1) is 30.8 Å². The van der Waals surface area contributed by atoms with E-state index in [0.717, 1.165) is 12.1 Å². The van der Waals surface area contributed by atoms with Gasteiger partial charge < -0.3 is 4.74 Å². The fourth-order valence-corrected chi connectivity index (χ4v) is 2.92. The lowest BCUT2D eigenvalue weighted by Gasteiger charge is -2.15. The Labute approximate surface area is 174 Å². The summed E-state index contributed by atoms with van der Waals surface area (Å²) in [7, 11) is 2.98. The second-order valence-electron chi connectivity index (χ2n) is 6.52. The first kappa shape index (κ1) is 20.3. The number of benzene rings is 1. The number of amides is 1. The van der Waals surface area contributed by atoms with Crippen molar-refractivity contribution >= 4 is 17.4 Å². The molecule has 0 atom stereocenters. The number of ether oxygens (including phenoxy) is 1. The second kappa shape index (κ2) is 7.67. The highest BCUT2D eigenvalue weighted by Crippen LogP contribution is 2.31. The highest BCUT2D eigenvalue weighted by molar-refractivity contribution is 6.03. The van der Waals surface area contributed by atoms with Crippen LogP contribution in [0.3, 0.4) is 0 Å². The first-order valence-corrected chi connectivity index (χ1v) is 8.94. The maximum atomic E-state index is 12.9. The normalized spacial score (nSPS) is 11.5. The van der Waals surface area contributed by atoms with E-state index in [-0.39, 0.29) is 5.69 Å².